The molecular formula is C23H16N6OS2. The lowest BCUT2D eigenvalue weighted by molar-refractivity contribution is -0.116. The molecule has 0 radical (unpaired) electrons. The number of carbonyl (C=O) groups excluding carboxylic acids is 1. The zero-order valence-electron chi connectivity index (χ0n) is 17.0. The van der Waals surface area contributed by atoms with E-state index in [1.807, 2.05) is 66.9 Å². The molecule has 0 bridgehead atoms. The van der Waals surface area contributed by atoms with Crippen LogP contribution >= 0.6 is 23.1 Å². The highest BCUT2D eigenvalue weighted by atomic mass is 32.2. The molecule has 9 heteroatoms. The summed E-state index contributed by atoms with van der Waals surface area (Å²) in [5, 5.41) is 18.0. The SMILES string of the molecule is Cc1nc2c3ccccc3nc(SCC(=O)[C@H](C#N)c3nc(-c4ccccc4)cs3)n2n1. The molecule has 0 amide bonds. The van der Waals surface area contributed by atoms with Gasteiger partial charge in [-0.1, -0.05) is 54.2 Å². The van der Waals surface area contributed by atoms with Crippen molar-refractivity contribution in [1.82, 2.24) is 24.6 Å². The Morgan fingerprint density at radius 3 is 2.72 bits per heavy atom. The van der Waals surface area contributed by atoms with Crippen molar-refractivity contribution < 1.29 is 4.79 Å². The minimum atomic E-state index is -0.918. The summed E-state index contributed by atoms with van der Waals surface area (Å²) in [6.07, 6.45) is 0. The first-order valence-corrected chi connectivity index (χ1v) is 11.7. The second kappa shape index (κ2) is 8.49. The molecule has 0 fully saturated rings. The number of ketones is 1. The van der Waals surface area contributed by atoms with Gasteiger partial charge in [-0.2, -0.15) is 9.78 Å². The first-order chi connectivity index (χ1) is 15.6. The molecular weight excluding hydrogens is 440 g/mol. The first-order valence-electron chi connectivity index (χ1n) is 9.82. The third kappa shape index (κ3) is 3.75. The number of Topliss-reactive ketones (excluding diaryl/α,β-unsaturated/α-hetero) is 1. The lowest BCUT2D eigenvalue weighted by atomic mass is 10.1. The van der Waals surface area contributed by atoms with Crippen LogP contribution in [0.3, 0.4) is 0 Å². The van der Waals surface area contributed by atoms with Crippen molar-refractivity contribution in [1.29, 1.82) is 5.26 Å². The van der Waals surface area contributed by atoms with Crippen LogP contribution in [0.2, 0.25) is 0 Å². The van der Waals surface area contributed by atoms with Crippen LogP contribution in [0.4, 0.5) is 0 Å². The Morgan fingerprint density at radius 2 is 1.91 bits per heavy atom. The highest BCUT2D eigenvalue weighted by Gasteiger charge is 2.25. The summed E-state index contributed by atoms with van der Waals surface area (Å²) in [6.45, 7) is 1.82. The van der Waals surface area contributed by atoms with Crippen LogP contribution in [0.5, 0.6) is 0 Å². The molecule has 0 saturated carbocycles. The Balaban J connectivity index is 1.40. The van der Waals surface area contributed by atoms with E-state index in [9.17, 15) is 10.1 Å². The topological polar surface area (TPSA) is 96.8 Å². The molecule has 5 rings (SSSR count). The van der Waals surface area contributed by atoms with Crippen LogP contribution in [-0.4, -0.2) is 36.1 Å². The Labute approximate surface area is 191 Å². The normalized spacial score (nSPS) is 12.1. The van der Waals surface area contributed by atoms with E-state index in [2.05, 4.69) is 26.1 Å². The predicted octanol–water partition coefficient (Wildman–Crippen LogP) is 4.68. The van der Waals surface area contributed by atoms with Crippen LogP contribution in [0.25, 0.3) is 27.8 Å². The molecule has 5 aromatic rings. The predicted molar refractivity (Wildman–Crippen MR) is 125 cm³/mol. The second-order valence-corrected chi connectivity index (χ2v) is 8.89. The zero-order chi connectivity index (χ0) is 22.1. The molecule has 1 atom stereocenters. The van der Waals surface area contributed by atoms with Gasteiger partial charge < -0.3 is 0 Å². The number of benzene rings is 2. The van der Waals surface area contributed by atoms with Gasteiger partial charge in [0.25, 0.3) is 0 Å². The Kier molecular flexibility index (Phi) is 5.39. The minimum absolute atomic E-state index is 0.0812. The van der Waals surface area contributed by atoms with Crippen LogP contribution in [-0.2, 0) is 4.79 Å². The Morgan fingerprint density at radius 1 is 1.12 bits per heavy atom. The number of hydrogen-bond acceptors (Lipinski definition) is 8. The number of aryl methyl sites for hydroxylation is 1. The van der Waals surface area contributed by atoms with E-state index < -0.39 is 5.92 Å². The largest absolute Gasteiger partial charge is 0.297 e. The molecule has 0 spiro atoms. The van der Waals surface area contributed by atoms with Crippen molar-refractivity contribution in [3.05, 3.63) is 70.8 Å². The molecule has 156 valence electrons. The molecule has 0 aliphatic carbocycles. The first kappa shape index (κ1) is 20.3. The number of carbonyl (C=O) groups is 1. The monoisotopic (exact) mass is 456 g/mol. The fourth-order valence-corrected chi connectivity index (χ4v) is 5.12. The van der Waals surface area contributed by atoms with Gasteiger partial charge in [-0.05, 0) is 19.1 Å². The molecule has 3 heterocycles. The Bertz CT molecular complexity index is 1490. The van der Waals surface area contributed by atoms with Crippen LogP contribution in [0, 0.1) is 18.3 Å². The number of aromatic nitrogens is 5. The third-order valence-electron chi connectivity index (χ3n) is 4.89. The molecule has 3 aromatic heterocycles. The maximum atomic E-state index is 12.9. The number of rotatable bonds is 6. The van der Waals surface area contributed by atoms with Gasteiger partial charge in [0.1, 0.15) is 10.8 Å². The molecule has 32 heavy (non-hydrogen) atoms. The fourth-order valence-electron chi connectivity index (χ4n) is 3.37. The third-order valence-corrected chi connectivity index (χ3v) is 6.75. The quantitative estimate of drug-likeness (QED) is 0.270. The number of nitriles is 1. The average molecular weight is 457 g/mol. The van der Waals surface area contributed by atoms with Gasteiger partial charge in [0.05, 0.1) is 23.0 Å². The van der Waals surface area contributed by atoms with Crippen molar-refractivity contribution in [2.24, 2.45) is 0 Å². The van der Waals surface area contributed by atoms with Gasteiger partial charge in [0.2, 0.25) is 0 Å². The maximum absolute atomic E-state index is 12.9. The highest BCUT2D eigenvalue weighted by molar-refractivity contribution is 7.99. The number of fused-ring (bicyclic) bond motifs is 3. The number of thiazole rings is 1. The van der Waals surface area contributed by atoms with Gasteiger partial charge in [-0.25, -0.2) is 15.0 Å². The average Bonchev–Trinajstić information content (AvgIpc) is 3.46. The van der Waals surface area contributed by atoms with E-state index in [4.69, 9.17) is 0 Å². The number of hydrogen-bond donors (Lipinski definition) is 0. The summed E-state index contributed by atoms with van der Waals surface area (Å²) < 4.78 is 1.66. The van der Waals surface area contributed by atoms with E-state index in [0.29, 0.717) is 21.6 Å². The number of thioether (sulfide) groups is 1. The van der Waals surface area contributed by atoms with Gasteiger partial charge >= 0.3 is 0 Å². The summed E-state index contributed by atoms with van der Waals surface area (Å²) in [5.74, 6) is -0.426. The molecule has 0 aliphatic heterocycles. The summed E-state index contributed by atoms with van der Waals surface area (Å²) in [6, 6.07) is 19.5. The molecule has 0 N–H and O–H groups in total. The molecule has 7 nitrogen and oxygen atoms in total. The number of nitrogens with zero attached hydrogens (tertiary/aromatic N) is 6. The molecule has 0 aliphatic rings. The van der Waals surface area contributed by atoms with Crippen molar-refractivity contribution in [3.63, 3.8) is 0 Å². The van der Waals surface area contributed by atoms with E-state index in [1.165, 1.54) is 23.1 Å². The second-order valence-electron chi connectivity index (χ2n) is 7.06. The molecule has 0 saturated heterocycles. The maximum Gasteiger partial charge on any atom is 0.191 e. The summed E-state index contributed by atoms with van der Waals surface area (Å²) in [4.78, 5) is 26.7. The van der Waals surface area contributed by atoms with E-state index >= 15 is 0 Å². The van der Waals surface area contributed by atoms with Crippen molar-refractivity contribution >= 4 is 45.4 Å². The van der Waals surface area contributed by atoms with Crippen molar-refractivity contribution in [3.8, 4) is 17.3 Å². The summed E-state index contributed by atoms with van der Waals surface area (Å²) >= 11 is 2.58. The van der Waals surface area contributed by atoms with Crippen LogP contribution in [0.15, 0.2) is 65.1 Å². The van der Waals surface area contributed by atoms with E-state index in [1.54, 1.807) is 4.52 Å². The highest BCUT2D eigenvalue weighted by Crippen LogP contribution is 2.29. The van der Waals surface area contributed by atoms with E-state index in [0.717, 1.165) is 22.2 Å². The minimum Gasteiger partial charge on any atom is -0.297 e. The van der Waals surface area contributed by atoms with E-state index in [-0.39, 0.29) is 11.5 Å². The lowest BCUT2D eigenvalue weighted by Crippen LogP contribution is -2.14. The van der Waals surface area contributed by atoms with Crippen molar-refractivity contribution in [2.45, 2.75) is 18.0 Å². The Hall–Kier alpha value is -3.61. The van der Waals surface area contributed by atoms with Gasteiger partial charge in [-0.15, -0.1) is 16.4 Å². The van der Waals surface area contributed by atoms with Gasteiger partial charge in [0, 0.05) is 16.3 Å². The molecule has 0 unspecified atom stereocenters. The van der Waals surface area contributed by atoms with Gasteiger partial charge in [0.15, 0.2) is 22.5 Å². The smallest absolute Gasteiger partial charge is 0.191 e. The lowest BCUT2D eigenvalue weighted by Gasteiger charge is -2.07. The standard InChI is InChI=1S/C23H16N6OS2/c1-14-25-21-16-9-5-6-10-18(16)27-23(29(21)28-14)32-13-20(30)17(11-24)22-26-19(12-31-22)15-7-3-2-4-8-15/h2-10,12,17H,13H2,1H3/t17-/m0/s1. The zero-order valence-corrected chi connectivity index (χ0v) is 18.6. The number of para-hydroxylation sites is 1. The molecule has 2 aromatic carbocycles. The van der Waals surface area contributed by atoms with Crippen LogP contribution in [0.1, 0.15) is 16.7 Å². The van der Waals surface area contributed by atoms with Crippen molar-refractivity contribution in [2.75, 3.05) is 5.75 Å². The summed E-state index contributed by atoms with van der Waals surface area (Å²) in [5.41, 5.74) is 3.21. The summed E-state index contributed by atoms with van der Waals surface area (Å²) in [7, 11) is 0. The fraction of sp³-hybridized carbons (Fsp3) is 0.130. The van der Waals surface area contributed by atoms with Crippen LogP contribution < -0.4 is 0 Å². The van der Waals surface area contributed by atoms with Gasteiger partial charge in [-0.3, -0.25) is 4.79 Å².